The fraction of sp³-hybridized carbons (Fsp3) is 0.381. The number of hydrogen-bond acceptors (Lipinski definition) is 3. The Morgan fingerprint density at radius 2 is 1.70 bits per heavy atom. The van der Waals surface area contributed by atoms with Crippen molar-refractivity contribution < 1.29 is 4.79 Å². The molecule has 0 saturated carbocycles. The largest absolute Gasteiger partial charge is 0.372 e. The fourth-order valence-corrected chi connectivity index (χ4v) is 4.13. The molecule has 1 aliphatic rings. The molecule has 0 bridgehead atoms. The zero-order valence-corrected chi connectivity index (χ0v) is 17.9. The van der Waals surface area contributed by atoms with Crippen LogP contribution in [0.25, 0.3) is 0 Å². The Balaban J connectivity index is 0.00000261. The van der Waals surface area contributed by atoms with Crippen LogP contribution >= 0.6 is 35.6 Å². The van der Waals surface area contributed by atoms with Gasteiger partial charge in [-0.2, -0.15) is 0 Å². The highest BCUT2D eigenvalue weighted by Crippen LogP contribution is 2.27. The second-order valence-corrected chi connectivity index (χ2v) is 7.83. The number of ketones is 1. The summed E-state index contributed by atoms with van der Waals surface area (Å²) in [5.74, 6) is -0.0558. The van der Waals surface area contributed by atoms with Crippen molar-refractivity contribution in [3.63, 3.8) is 0 Å². The summed E-state index contributed by atoms with van der Waals surface area (Å²) >= 11 is 12.3. The molecule has 1 heterocycles. The zero-order valence-electron chi connectivity index (χ0n) is 15.6. The Morgan fingerprint density at radius 1 is 1.11 bits per heavy atom. The lowest BCUT2D eigenvalue weighted by Crippen LogP contribution is -2.42. The van der Waals surface area contributed by atoms with E-state index in [1.54, 1.807) is 18.2 Å². The second kappa shape index (κ2) is 9.79. The van der Waals surface area contributed by atoms with Crippen LogP contribution in [0.15, 0.2) is 42.5 Å². The van der Waals surface area contributed by atoms with E-state index in [0.717, 1.165) is 37.2 Å². The molecular weight excluding hydrogens is 403 g/mol. The van der Waals surface area contributed by atoms with E-state index in [4.69, 9.17) is 23.2 Å². The number of hydrogen-bond donors (Lipinski definition) is 0. The van der Waals surface area contributed by atoms with Gasteiger partial charge < -0.3 is 9.80 Å². The maximum absolute atomic E-state index is 12.7. The first-order valence-corrected chi connectivity index (χ1v) is 9.69. The summed E-state index contributed by atoms with van der Waals surface area (Å²) in [4.78, 5) is 17.4. The van der Waals surface area contributed by atoms with Gasteiger partial charge in [0.15, 0.2) is 5.78 Å². The van der Waals surface area contributed by atoms with Crippen molar-refractivity contribution in [1.29, 1.82) is 0 Å². The molecule has 3 nitrogen and oxygen atoms in total. The molecular formula is C21H25Cl3N2O. The first-order valence-electron chi connectivity index (χ1n) is 8.93. The fourth-order valence-electron chi connectivity index (χ4n) is 3.52. The summed E-state index contributed by atoms with van der Waals surface area (Å²) in [6.45, 7) is 2.25. The highest BCUT2D eigenvalue weighted by Gasteiger charge is 2.21. The number of nitrogens with zero attached hydrogens (tertiary/aromatic N) is 2. The summed E-state index contributed by atoms with van der Waals surface area (Å²) < 4.78 is 0. The van der Waals surface area contributed by atoms with Crippen LogP contribution in [-0.4, -0.2) is 43.9 Å². The lowest BCUT2D eigenvalue weighted by molar-refractivity contribution is 0.0993. The molecule has 1 fully saturated rings. The van der Waals surface area contributed by atoms with E-state index in [-0.39, 0.29) is 18.2 Å². The lowest BCUT2D eigenvalue weighted by atomic mass is 10.0. The topological polar surface area (TPSA) is 23.6 Å². The van der Waals surface area contributed by atoms with Crippen LogP contribution in [0.2, 0.25) is 10.0 Å². The summed E-state index contributed by atoms with van der Waals surface area (Å²) in [5, 5.41) is 0.809. The minimum Gasteiger partial charge on any atom is -0.372 e. The van der Waals surface area contributed by atoms with Gasteiger partial charge >= 0.3 is 0 Å². The average molecular weight is 428 g/mol. The van der Waals surface area contributed by atoms with E-state index < -0.39 is 0 Å². The molecule has 0 atom stereocenters. The van der Waals surface area contributed by atoms with E-state index in [2.05, 4.69) is 36.0 Å². The number of likely N-dealkylation sites (tertiary alicyclic amines) is 1. The van der Waals surface area contributed by atoms with Crippen molar-refractivity contribution in [2.75, 3.05) is 32.1 Å². The van der Waals surface area contributed by atoms with E-state index in [0.29, 0.717) is 28.1 Å². The van der Waals surface area contributed by atoms with Crippen LogP contribution in [0, 0.1) is 0 Å². The molecule has 0 amide bonds. The number of benzene rings is 2. The summed E-state index contributed by atoms with van der Waals surface area (Å²) in [7, 11) is 4.31. The number of carbonyl (C=O) groups is 1. The van der Waals surface area contributed by atoms with Crippen molar-refractivity contribution in [1.82, 2.24) is 4.90 Å². The smallest absolute Gasteiger partial charge is 0.170 e. The van der Waals surface area contributed by atoms with Crippen molar-refractivity contribution in [3.8, 4) is 0 Å². The maximum atomic E-state index is 12.7. The van der Waals surface area contributed by atoms with Crippen LogP contribution in [0.3, 0.4) is 0 Å². The number of rotatable bonds is 5. The third kappa shape index (κ3) is 5.39. The number of carbonyl (C=O) groups excluding carboxylic acids is 1. The van der Waals surface area contributed by atoms with Gasteiger partial charge in [0.1, 0.15) is 0 Å². The molecule has 0 N–H and O–H groups in total. The summed E-state index contributed by atoms with van der Waals surface area (Å²) in [6, 6.07) is 13.9. The van der Waals surface area contributed by atoms with Crippen LogP contribution in [0.1, 0.15) is 28.8 Å². The van der Waals surface area contributed by atoms with Crippen LogP contribution in [-0.2, 0) is 6.42 Å². The molecule has 0 spiro atoms. The van der Waals surface area contributed by atoms with Crippen molar-refractivity contribution in [2.24, 2.45) is 0 Å². The Bertz CT molecular complexity index is 768. The number of piperidine rings is 1. The Kier molecular flexibility index (Phi) is 7.99. The van der Waals surface area contributed by atoms with E-state index in [9.17, 15) is 4.79 Å². The van der Waals surface area contributed by atoms with E-state index in [1.165, 1.54) is 0 Å². The molecule has 2 aromatic rings. The van der Waals surface area contributed by atoms with Gasteiger partial charge in [-0.25, -0.2) is 0 Å². The van der Waals surface area contributed by atoms with Gasteiger partial charge in [0.25, 0.3) is 0 Å². The van der Waals surface area contributed by atoms with E-state index in [1.807, 2.05) is 12.1 Å². The molecule has 0 radical (unpaired) electrons. The van der Waals surface area contributed by atoms with Crippen molar-refractivity contribution in [3.05, 3.63) is 63.6 Å². The standard InChI is InChI=1S/C21H24Cl2N2O.ClH/c1-24-11-9-16(10-12-24)25(2)17-6-3-5-15(13-17)14-20(26)21-18(22)7-4-8-19(21)23;/h3-8,13,16H,9-12,14H2,1-2H3;1H. The third-order valence-electron chi connectivity index (χ3n) is 5.16. The molecule has 146 valence electrons. The first kappa shape index (κ1) is 22.0. The number of anilines is 1. The highest BCUT2D eigenvalue weighted by atomic mass is 35.5. The predicted octanol–water partition coefficient (Wildman–Crippen LogP) is 5.37. The molecule has 2 aromatic carbocycles. The summed E-state index contributed by atoms with van der Waals surface area (Å²) in [5.41, 5.74) is 2.53. The van der Waals surface area contributed by atoms with Gasteiger partial charge in [0, 0.05) is 25.2 Å². The zero-order chi connectivity index (χ0) is 18.7. The van der Waals surface area contributed by atoms with Gasteiger partial charge in [0.05, 0.1) is 15.6 Å². The molecule has 0 aromatic heterocycles. The van der Waals surface area contributed by atoms with Crippen molar-refractivity contribution >= 4 is 47.1 Å². The Hall–Kier alpha value is -1.26. The number of Topliss-reactive ketones (excluding diaryl/α,β-unsaturated/α-hetero) is 1. The van der Waals surface area contributed by atoms with Crippen molar-refractivity contribution in [2.45, 2.75) is 25.3 Å². The second-order valence-electron chi connectivity index (χ2n) is 7.01. The van der Waals surface area contributed by atoms with Gasteiger partial charge in [0.2, 0.25) is 0 Å². The van der Waals surface area contributed by atoms with E-state index >= 15 is 0 Å². The quantitative estimate of drug-likeness (QED) is 0.599. The Labute approximate surface area is 177 Å². The molecule has 27 heavy (non-hydrogen) atoms. The van der Waals surface area contributed by atoms with Gasteiger partial charge in [-0.15, -0.1) is 12.4 Å². The Morgan fingerprint density at radius 3 is 2.33 bits per heavy atom. The number of halogens is 3. The molecule has 3 rings (SSSR count). The molecule has 0 unspecified atom stereocenters. The first-order chi connectivity index (χ1) is 12.5. The SMILES string of the molecule is CN1CCC(N(C)c2cccc(CC(=O)c3c(Cl)cccc3Cl)c2)CC1.Cl. The van der Waals surface area contributed by atoms with Crippen LogP contribution in [0.4, 0.5) is 5.69 Å². The predicted molar refractivity (Wildman–Crippen MR) is 117 cm³/mol. The lowest BCUT2D eigenvalue weighted by Gasteiger charge is -2.36. The van der Waals surface area contributed by atoms with Gasteiger partial charge in [-0.3, -0.25) is 4.79 Å². The van der Waals surface area contributed by atoms with Gasteiger partial charge in [-0.05, 0) is 62.8 Å². The molecule has 1 aliphatic heterocycles. The monoisotopic (exact) mass is 426 g/mol. The molecule has 6 heteroatoms. The molecule has 0 aliphatic carbocycles. The van der Waals surface area contributed by atoms with Crippen LogP contribution in [0.5, 0.6) is 0 Å². The normalized spacial score (nSPS) is 15.3. The maximum Gasteiger partial charge on any atom is 0.170 e. The highest BCUT2D eigenvalue weighted by molar-refractivity contribution is 6.39. The summed E-state index contributed by atoms with van der Waals surface area (Å²) in [6.07, 6.45) is 2.61. The molecule has 1 saturated heterocycles. The van der Waals surface area contributed by atoms with Gasteiger partial charge in [-0.1, -0.05) is 41.4 Å². The van der Waals surface area contributed by atoms with Crippen LogP contribution < -0.4 is 4.90 Å². The minimum absolute atomic E-state index is 0. The average Bonchev–Trinajstić information content (AvgIpc) is 2.62. The minimum atomic E-state index is -0.0558. The third-order valence-corrected chi connectivity index (χ3v) is 5.79.